The van der Waals surface area contributed by atoms with Gasteiger partial charge in [-0.15, -0.1) is 0 Å². The minimum Gasteiger partial charge on any atom is -0.372 e. The van der Waals surface area contributed by atoms with Gasteiger partial charge in [-0.1, -0.05) is 12.1 Å². The number of anilines is 1. The number of sulfone groups is 1. The molecule has 1 saturated heterocycles. The van der Waals surface area contributed by atoms with Gasteiger partial charge in [0.25, 0.3) is 0 Å². The monoisotopic (exact) mass is 346 g/mol. The van der Waals surface area contributed by atoms with E-state index in [1.165, 1.54) is 6.26 Å². The molecule has 1 aromatic heterocycles. The maximum atomic E-state index is 11.6. The van der Waals surface area contributed by atoms with Crippen LogP contribution in [-0.2, 0) is 16.4 Å². The number of hydrogen-bond acceptors (Lipinski definition) is 6. The van der Waals surface area contributed by atoms with Crippen molar-refractivity contribution in [2.75, 3.05) is 25.2 Å². The van der Waals surface area contributed by atoms with Gasteiger partial charge in [0, 0.05) is 19.8 Å². The van der Waals surface area contributed by atoms with E-state index in [1.807, 2.05) is 25.4 Å². The third kappa shape index (κ3) is 3.73. The zero-order valence-corrected chi connectivity index (χ0v) is 14.8. The standard InChI is InChI=1S/C17H22N4O2S/c1-18-17-11-19-10-15(20-17)16-4-3-9-21(16)12-13-5-7-14(8-6-13)24(2,22)23/h5-8,10-11,16H,3-4,9,12H2,1-2H3,(H,18,20). The molecule has 1 N–H and O–H groups in total. The van der Waals surface area contributed by atoms with Gasteiger partial charge in [0.05, 0.1) is 29.0 Å². The van der Waals surface area contributed by atoms with Gasteiger partial charge in [-0.25, -0.2) is 13.4 Å². The molecule has 24 heavy (non-hydrogen) atoms. The molecule has 1 unspecified atom stereocenters. The molecular weight excluding hydrogens is 324 g/mol. The van der Waals surface area contributed by atoms with Gasteiger partial charge >= 0.3 is 0 Å². The Balaban J connectivity index is 1.76. The lowest BCUT2D eigenvalue weighted by Crippen LogP contribution is -2.23. The fourth-order valence-electron chi connectivity index (χ4n) is 3.09. The molecule has 0 saturated carbocycles. The number of nitrogens with one attached hydrogen (secondary N) is 1. The average molecular weight is 346 g/mol. The normalized spacial score (nSPS) is 18.7. The zero-order chi connectivity index (χ0) is 17.2. The zero-order valence-electron chi connectivity index (χ0n) is 13.9. The maximum absolute atomic E-state index is 11.6. The van der Waals surface area contributed by atoms with Crippen molar-refractivity contribution >= 4 is 15.7 Å². The van der Waals surface area contributed by atoms with Crippen LogP contribution in [0, 0.1) is 0 Å². The molecule has 2 heterocycles. The van der Waals surface area contributed by atoms with Crippen molar-refractivity contribution in [1.29, 1.82) is 0 Å². The molecular formula is C17H22N4O2S. The Morgan fingerprint density at radius 1 is 1.25 bits per heavy atom. The summed E-state index contributed by atoms with van der Waals surface area (Å²) in [4.78, 5) is 11.6. The highest BCUT2D eigenvalue weighted by atomic mass is 32.2. The summed E-state index contributed by atoms with van der Waals surface area (Å²) in [6.45, 7) is 1.78. The van der Waals surface area contributed by atoms with Crippen molar-refractivity contribution in [3.05, 3.63) is 47.9 Å². The first-order valence-corrected chi connectivity index (χ1v) is 9.89. The lowest BCUT2D eigenvalue weighted by Gasteiger charge is -2.24. The molecule has 7 heteroatoms. The van der Waals surface area contributed by atoms with Gasteiger partial charge in [0.2, 0.25) is 0 Å². The fourth-order valence-corrected chi connectivity index (χ4v) is 3.72. The maximum Gasteiger partial charge on any atom is 0.175 e. The Morgan fingerprint density at radius 3 is 2.67 bits per heavy atom. The quantitative estimate of drug-likeness (QED) is 0.895. The lowest BCUT2D eigenvalue weighted by molar-refractivity contribution is 0.244. The van der Waals surface area contributed by atoms with Crippen LogP contribution < -0.4 is 5.32 Å². The Kier molecular flexibility index (Phi) is 4.82. The van der Waals surface area contributed by atoms with E-state index in [4.69, 9.17) is 0 Å². The van der Waals surface area contributed by atoms with E-state index in [0.717, 1.165) is 43.0 Å². The summed E-state index contributed by atoms with van der Waals surface area (Å²) in [5, 5.41) is 3.03. The highest BCUT2D eigenvalue weighted by Gasteiger charge is 2.27. The molecule has 1 aliphatic rings. The van der Waals surface area contributed by atoms with Crippen LogP contribution >= 0.6 is 0 Å². The van der Waals surface area contributed by atoms with Crippen LogP contribution in [-0.4, -0.2) is 43.1 Å². The molecule has 6 nitrogen and oxygen atoms in total. The van der Waals surface area contributed by atoms with Gasteiger partial charge in [0.1, 0.15) is 5.82 Å². The molecule has 1 aliphatic heterocycles. The molecule has 1 atom stereocenters. The SMILES string of the molecule is CNc1cncc(C2CCCN2Cc2ccc(S(C)(=O)=O)cc2)n1. The van der Waals surface area contributed by atoms with Gasteiger partial charge < -0.3 is 5.32 Å². The molecule has 128 valence electrons. The first kappa shape index (κ1) is 16.9. The number of benzene rings is 1. The predicted octanol–water partition coefficient (Wildman–Crippen LogP) is 2.26. The van der Waals surface area contributed by atoms with Crippen LogP contribution in [0.25, 0.3) is 0 Å². The minimum atomic E-state index is -3.15. The Morgan fingerprint density at radius 2 is 2.00 bits per heavy atom. The molecule has 2 aromatic rings. The molecule has 0 radical (unpaired) electrons. The van der Waals surface area contributed by atoms with Gasteiger partial charge in [-0.3, -0.25) is 9.88 Å². The Hall–Kier alpha value is -1.99. The second-order valence-electron chi connectivity index (χ2n) is 6.12. The Bertz CT molecular complexity index is 806. The van der Waals surface area contributed by atoms with E-state index in [0.29, 0.717) is 4.90 Å². The predicted molar refractivity (Wildman–Crippen MR) is 93.5 cm³/mol. The molecule has 1 fully saturated rings. The van der Waals surface area contributed by atoms with Crippen LogP contribution in [0.4, 0.5) is 5.82 Å². The van der Waals surface area contributed by atoms with Crippen LogP contribution in [0.3, 0.4) is 0 Å². The van der Waals surface area contributed by atoms with Crippen molar-refractivity contribution in [2.45, 2.75) is 30.3 Å². The number of hydrogen-bond donors (Lipinski definition) is 1. The van der Waals surface area contributed by atoms with Crippen LogP contribution in [0.5, 0.6) is 0 Å². The second-order valence-corrected chi connectivity index (χ2v) is 8.14. The van der Waals surface area contributed by atoms with Crippen molar-refractivity contribution in [3.63, 3.8) is 0 Å². The molecule has 0 bridgehead atoms. The van der Waals surface area contributed by atoms with Crippen molar-refractivity contribution in [1.82, 2.24) is 14.9 Å². The minimum absolute atomic E-state index is 0.250. The van der Waals surface area contributed by atoms with Crippen LogP contribution in [0.1, 0.15) is 30.1 Å². The highest BCUT2D eigenvalue weighted by molar-refractivity contribution is 7.90. The van der Waals surface area contributed by atoms with E-state index < -0.39 is 9.84 Å². The van der Waals surface area contributed by atoms with E-state index in [2.05, 4.69) is 20.2 Å². The molecule has 1 aromatic carbocycles. The summed E-state index contributed by atoms with van der Waals surface area (Å²) in [6.07, 6.45) is 6.95. The van der Waals surface area contributed by atoms with E-state index in [-0.39, 0.29) is 6.04 Å². The topological polar surface area (TPSA) is 75.2 Å². The summed E-state index contributed by atoms with van der Waals surface area (Å²) in [7, 11) is -1.31. The van der Waals surface area contributed by atoms with Gasteiger partial charge in [-0.2, -0.15) is 0 Å². The van der Waals surface area contributed by atoms with Crippen LogP contribution in [0.2, 0.25) is 0 Å². The first-order chi connectivity index (χ1) is 11.5. The number of likely N-dealkylation sites (tertiary alicyclic amines) is 1. The molecule has 0 spiro atoms. The molecule has 0 aliphatic carbocycles. The van der Waals surface area contributed by atoms with Gasteiger partial charge in [-0.05, 0) is 37.1 Å². The lowest BCUT2D eigenvalue weighted by atomic mass is 10.1. The summed E-state index contributed by atoms with van der Waals surface area (Å²) in [5.41, 5.74) is 2.08. The molecule has 0 amide bonds. The Labute approximate surface area is 142 Å². The van der Waals surface area contributed by atoms with E-state index in [9.17, 15) is 8.42 Å². The largest absolute Gasteiger partial charge is 0.372 e. The third-order valence-corrected chi connectivity index (χ3v) is 5.48. The average Bonchev–Trinajstić information content (AvgIpc) is 3.03. The number of rotatable bonds is 5. The smallest absolute Gasteiger partial charge is 0.175 e. The van der Waals surface area contributed by atoms with E-state index >= 15 is 0 Å². The van der Waals surface area contributed by atoms with Crippen molar-refractivity contribution in [3.8, 4) is 0 Å². The second kappa shape index (κ2) is 6.86. The number of nitrogens with zero attached hydrogens (tertiary/aromatic N) is 3. The summed E-state index contributed by atoms with van der Waals surface area (Å²) >= 11 is 0. The summed E-state index contributed by atoms with van der Waals surface area (Å²) < 4.78 is 23.1. The first-order valence-electron chi connectivity index (χ1n) is 8.00. The van der Waals surface area contributed by atoms with Crippen molar-refractivity contribution in [2.24, 2.45) is 0 Å². The summed E-state index contributed by atoms with van der Waals surface area (Å²) in [6, 6.07) is 7.39. The van der Waals surface area contributed by atoms with Gasteiger partial charge in [0.15, 0.2) is 9.84 Å². The highest BCUT2D eigenvalue weighted by Crippen LogP contribution is 2.32. The van der Waals surface area contributed by atoms with Crippen LogP contribution in [0.15, 0.2) is 41.6 Å². The molecule has 3 rings (SSSR count). The third-order valence-electron chi connectivity index (χ3n) is 4.35. The summed E-state index contributed by atoms with van der Waals surface area (Å²) in [5.74, 6) is 0.775. The fraction of sp³-hybridized carbons (Fsp3) is 0.412. The van der Waals surface area contributed by atoms with E-state index in [1.54, 1.807) is 18.3 Å². The number of aromatic nitrogens is 2. The van der Waals surface area contributed by atoms with Crippen molar-refractivity contribution < 1.29 is 8.42 Å².